The number of hydrogen-bond acceptors (Lipinski definition) is 1. The van der Waals surface area contributed by atoms with Crippen LogP contribution >= 0.6 is 11.6 Å². The number of anilines is 1. The van der Waals surface area contributed by atoms with E-state index in [9.17, 15) is 4.39 Å². The highest BCUT2D eigenvalue weighted by atomic mass is 35.5. The van der Waals surface area contributed by atoms with Crippen molar-refractivity contribution in [1.29, 1.82) is 0 Å². The molecule has 0 aliphatic heterocycles. The number of halogens is 2. The molecule has 0 aromatic heterocycles. The van der Waals surface area contributed by atoms with Gasteiger partial charge in [0, 0.05) is 16.1 Å². The minimum Gasteiger partial charge on any atom is -0.360 e. The highest BCUT2D eigenvalue weighted by molar-refractivity contribution is 6.33. The van der Waals surface area contributed by atoms with E-state index in [2.05, 4.69) is 11.9 Å². The lowest BCUT2D eigenvalue weighted by atomic mass is 10.0. The monoisotopic (exact) mass is 247 g/mol. The van der Waals surface area contributed by atoms with Crippen LogP contribution in [0, 0.1) is 5.82 Å². The number of benzene rings is 2. The highest BCUT2D eigenvalue weighted by Gasteiger charge is 2.11. The van der Waals surface area contributed by atoms with Crippen LogP contribution in [-0.4, -0.2) is 0 Å². The second-order valence-electron chi connectivity index (χ2n) is 3.50. The molecule has 0 unspecified atom stereocenters. The lowest BCUT2D eigenvalue weighted by Gasteiger charge is -2.09. The summed E-state index contributed by atoms with van der Waals surface area (Å²) in [7, 11) is 0. The number of hydrogen-bond donors (Lipinski definition) is 1. The fourth-order valence-corrected chi connectivity index (χ4v) is 1.88. The molecule has 2 aromatic rings. The molecular formula is C14H11ClFN. The van der Waals surface area contributed by atoms with E-state index in [0.717, 1.165) is 0 Å². The van der Waals surface area contributed by atoms with E-state index in [0.29, 0.717) is 21.8 Å². The van der Waals surface area contributed by atoms with Gasteiger partial charge in [0.1, 0.15) is 0 Å². The Morgan fingerprint density at radius 1 is 1.06 bits per heavy atom. The van der Waals surface area contributed by atoms with Gasteiger partial charge in [-0.25, -0.2) is 4.39 Å². The van der Waals surface area contributed by atoms with E-state index in [1.165, 1.54) is 6.20 Å². The molecular weight excluding hydrogens is 237 g/mol. The normalized spacial score (nSPS) is 10.0. The Kier molecular flexibility index (Phi) is 3.45. The van der Waals surface area contributed by atoms with Gasteiger partial charge < -0.3 is 5.32 Å². The van der Waals surface area contributed by atoms with Crippen molar-refractivity contribution in [3.05, 3.63) is 66.1 Å². The quantitative estimate of drug-likeness (QED) is 0.829. The van der Waals surface area contributed by atoms with E-state index >= 15 is 0 Å². The third-order valence-electron chi connectivity index (χ3n) is 2.42. The fourth-order valence-electron chi connectivity index (χ4n) is 1.64. The van der Waals surface area contributed by atoms with Crippen molar-refractivity contribution in [2.24, 2.45) is 0 Å². The van der Waals surface area contributed by atoms with Crippen molar-refractivity contribution in [1.82, 2.24) is 0 Å². The molecule has 0 saturated carbocycles. The van der Waals surface area contributed by atoms with Crippen LogP contribution in [0.5, 0.6) is 0 Å². The van der Waals surface area contributed by atoms with Gasteiger partial charge in [-0.05, 0) is 18.3 Å². The predicted octanol–water partition coefficient (Wildman–Crippen LogP) is 4.70. The van der Waals surface area contributed by atoms with Gasteiger partial charge in [0.2, 0.25) is 0 Å². The molecule has 0 fully saturated rings. The van der Waals surface area contributed by atoms with Crippen LogP contribution in [0.25, 0.3) is 11.1 Å². The van der Waals surface area contributed by atoms with Gasteiger partial charge in [0.05, 0.1) is 5.69 Å². The smallest absolute Gasteiger partial charge is 0.154 e. The zero-order valence-corrected chi connectivity index (χ0v) is 9.84. The molecule has 0 spiro atoms. The summed E-state index contributed by atoms with van der Waals surface area (Å²) >= 11 is 6.05. The molecule has 1 N–H and O–H groups in total. The first kappa shape index (κ1) is 11.7. The van der Waals surface area contributed by atoms with Crippen molar-refractivity contribution in [3.63, 3.8) is 0 Å². The van der Waals surface area contributed by atoms with E-state index in [1.807, 2.05) is 12.1 Å². The van der Waals surface area contributed by atoms with Crippen LogP contribution in [-0.2, 0) is 0 Å². The Morgan fingerprint density at radius 2 is 1.76 bits per heavy atom. The summed E-state index contributed by atoms with van der Waals surface area (Å²) in [6.07, 6.45) is 1.44. The minimum atomic E-state index is -0.333. The third-order valence-corrected chi connectivity index (χ3v) is 2.75. The van der Waals surface area contributed by atoms with Crippen LogP contribution in [0.4, 0.5) is 10.1 Å². The lowest BCUT2D eigenvalue weighted by molar-refractivity contribution is 0.635. The minimum absolute atomic E-state index is 0.333. The largest absolute Gasteiger partial charge is 0.360 e. The van der Waals surface area contributed by atoms with Crippen LogP contribution in [0.1, 0.15) is 0 Å². The first-order chi connectivity index (χ1) is 8.24. The van der Waals surface area contributed by atoms with Crippen LogP contribution in [0.2, 0.25) is 5.02 Å². The molecule has 0 amide bonds. The average Bonchev–Trinajstić information content (AvgIpc) is 2.33. The van der Waals surface area contributed by atoms with E-state index in [4.69, 9.17) is 11.6 Å². The topological polar surface area (TPSA) is 12.0 Å². The van der Waals surface area contributed by atoms with Gasteiger partial charge in [0.15, 0.2) is 5.82 Å². The summed E-state index contributed by atoms with van der Waals surface area (Å²) in [5, 5.41) is 3.28. The van der Waals surface area contributed by atoms with Gasteiger partial charge in [-0.2, -0.15) is 0 Å². The SMILES string of the molecule is C=CNc1cccc(-c2ccccc2Cl)c1F. The highest BCUT2D eigenvalue weighted by Crippen LogP contribution is 2.32. The first-order valence-electron chi connectivity index (χ1n) is 5.15. The van der Waals surface area contributed by atoms with Crippen molar-refractivity contribution in [2.45, 2.75) is 0 Å². The maximum absolute atomic E-state index is 14.2. The molecule has 1 nitrogen and oxygen atoms in total. The molecule has 17 heavy (non-hydrogen) atoms. The zero-order valence-electron chi connectivity index (χ0n) is 9.08. The third kappa shape index (κ3) is 2.32. The van der Waals surface area contributed by atoms with Crippen LogP contribution < -0.4 is 5.32 Å². The van der Waals surface area contributed by atoms with Gasteiger partial charge in [0.25, 0.3) is 0 Å². The lowest BCUT2D eigenvalue weighted by Crippen LogP contribution is -1.93. The standard InChI is InChI=1S/C14H11ClFN/c1-2-17-13-9-5-7-11(14(13)16)10-6-3-4-8-12(10)15/h2-9,17H,1H2. The van der Waals surface area contributed by atoms with Crippen molar-refractivity contribution < 1.29 is 4.39 Å². The maximum Gasteiger partial charge on any atom is 0.154 e. The second kappa shape index (κ2) is 5.02. The predicted molar refractivity (Wildman–Crippen MR) is 70.7 cm³/mol. The molecule has 0 radical (unpaired) electrons. The molecule has 0 aliphatic carbocycles. The Labute approximate surface area is 105 Å². The molecule has 0 saturated heterocycles. The maximum atomic E-state index is 14.2. The molecule has 0 aliphatic rings. The van der Waals surface area contributed by atoms with Crippen molar-refractivity contribution in [2.75, 3.05) is 5.32 Å². The Balaban J connectivity index is 2.57. The molecule has 0 atom stereocenters. The van der Waals surface area contributed by atoms with E-state index < -0.39 is 0 Å². The Bertz CT molecular complexity index is 552. The average molecular weight is 248 g/mol. The van der Waals surface area contributed by atoms with Gasteiger partial charge in [-0.1, -0.05) is 48.5 Å². The molecule has 2 aromatic carbocycles. The van der Waals surface area contributed by atoms with Crippen molar-refractivity contribution in [3.8, 4) is 11.1 Å². The molecule has 86 valence electrons. The summed E-state index contributed by atoms with van der Waals surface area (Å²) in [5.74, 6) is -0.333. The summed E-state index contributed by atoms with van der Waals surface area (Å²) < 4.78 is 14.2. The number of rotatable bonds is 3. The second-order valence-corrected chi connectivity index (χ2v) is 3.90. The summed E-state index contributed by atoms with van der Waals surface area (Å²) in [6, 6.07) is 12.3. The van der Waals surface area contributed by atoms with Crippen molar-refractivity contribution >= 4 is 17.3 Å². The number of nitrogens with one attached hydrogen (secondary N) is 1. The molecule has 3 heteroatoms. The molecule has 0 bridgehead atoms. The molecule has 2 rings (SSSR count). The Hall–Kier alpha value is -1.80. The summed E-state index contributed by atoms with van der Waals surface area (Å²) in [6.45, 7) is 3.51. The van der Waals surface area contributed by atoms with Crippen LogP contribution in [0.15, 0.2) is 55.2 Å². The first-order valence-corrected chi connectivity index (χ1v) is 5.52. The van der Waals surface area contributed by atoms with Gasteiger partial charge in [-0.15, -0.1) is 0 Å². The van der Waals surface area contributed by atoms with Gasteiger partial charge in [-0.3, -0.25) is 0 Å². The van der Waals surface area contributed by atoms with Gasteiger partial charge >= 0.3 is 0 Å². The fraction of sp³-hybridized carbons (Fsp3) is 0. The van der Waals surface area contributed by atoms with Crippen LogP contribution in [0.3, 0.4) is 0 Å². The Morgan fingerprint density at radius 3 is 2.47 bits per heavy atom. The summed E-state index contributed by atoms with van der Waals surface area (Å²) in [4.78, 5) is 0. The summed E-state index contributed by atoms with van der Waals surface area (Å²) in [5.41, 5.74) is 1.54. The zero-order chi connectivity index (χ0) is 12.3. The molecule has 0 heterocycles. The van der Waals surface area contributed by atoms with E-state index in [1.54, 1.807) is 30.3 Å². The van der Waals surface area contributed by atoms with E-state index in [-0.39, 0.29) is 5.82 Å².